The number of benzene rings is 2. The molecule has 2 aromatic carbocycles. The van der Waals surface area contributed by atoms with Crippen LogP contribution in [0.25, 0.3) is 11.3 Å². The molecule has 9 heteroatoms. The minimum atomic E-state index is -0.606. The molecule has 0 spiro atoms. The fourth-order valence-electron chi connectivity index (χ4n) is 5.78. The Bertz CT molecular complexity index is 1370. The van der Waals surface area contributed by atoms with E-state index in [1.807, 2.05) is 0 Å². The Kier molecular flexibility index (Phi) is 7.09. The van der Waals surface area contributed by atoms with Gasteiger partial charge in [-0.2, -0.15) is 0 Å². The highest BCUT2D eigenvalue weighted by Crippen LogP contribution is 2.50. The number of hydrogen-bond acceptors (Lipinski definition) is 4. The van der Waals surface area contributed by atoms with Crippen LogP contribution in [-0.2, 0) is 4.79 Å². The molecule has 38 heavy (non-hydrogen) atoms. The van der Waals surface area contributed by atoms with E-state index in [4.69, 9.17) is 16.3 Å². The van der Waals surface area contributed by atoms with Gasteiger partial charge in [0.05, 0.1) is 10.7 Å². The molecule has 0 aliphatic heterocycles. The third-order valence-electron chi connectivity index (χ3n) is 7.87. The molecule has 0 radical (unpaired) electrons. The average Bonchev–Trinajstić information content (AvgIpc) is 2.90. The van der Waals surface area contributed by atoms with E-state index in [9.17, 15) is 18.4 Å². The normalized spacial score (nSPS) is 24.1. The molecule has 1 unspecified atom stereocenters. The summed E-state index contributed by atoms with van der Waals surface area (Å²) in [4.78, 5) is 30.4. The van der Waals surface area contributed by atoms with E-state index in [0.717, 1.165) is 18.9 Å². The second-order valence-electron chi connectivity index (χ2n) is 10.3. The highest BCUT2D eigenvalue weighted by atomic mass is 35.5. The van der Waals surface area contributed by atoms with Crippen molar-refractivity contribution in [1.29, 1.82) is 0 Å². The summed E-state index contributed by atoms with van der Waals surface area (Å²) in [6.45, 7) is 1.85. The standard InChI is InChI=1S/C29H28ClF2N3O3/c1-18-16-28(35-27(37)25-7-3-6-24(33-25)19-4-2-5-20(31)14-19)10-12-29(18,13-11-28)34-26(36)17-38-21-8-9-22(30)23(32)15-21/h2-9,14-15,18H,10-13,16-17H2,1H3,(H,34,36)(H,35,37). The number of hydrogen-bond donors (Lipinski definition) is 2. The predicted molar refractivity (Wildman–Crippen MR) is 140 cm³/mol. The molecule has 3 aliphatic carbocycles. The summed E-state index contributed by atoms with van der Waals surface area (Å²) in [6, 6.07) is 15.3. The molecule has 2 bridgehead atoms. The summed E-state index contributed by atoms with van der Waals surface area (Å²) < 4.78 is 32.8. The third-order valence-corrected chi connectivity index (χ3v) is 8.18. The van der Waals surface area contributed by atoms with Crippen LogP contribution in [0.1, 0.15) is 49.5 Å². The Morgan fingerprint density at radius 1 is 1.03 bits per heavy atom. The molecule has 6 rings (SSSR count). The van der Waals surface area contributed by atoms with E-state index >= 15 is 0 Å². The summed E-state index contributed by atoms with van der Waals surface area (Å²) in [5.74, 6) is -1.16. The molecule has 1 heterocycles. The number of pyridine rings is 1. The fourth-order valence-corrected chi connectivity index (χ4v) is 5.90. The molecule has 1 atom stereocenters. The van der Waals surface area contributed by atoms with Crippen molar-refractivity contribution in [2.75, 3.05) is 6.61 Å². The van der Waals surface area contributed by atoms with Crippen LogP contribution >= 0.6 is 11.6 Å². The molecule has 3 aromatic rings. The first kappa shape index (κ1) is 26.1. The quantitative estimate of drug-likeness (QED) is 0.404. The first-order valence-electron chi connectivity index (χ1n) is 12.6. The molecule has 3 saturated carbocycles. The molecule has 0 saturated heterocycles. The Balaban J connectivity index is 1.20. The van der Waals surface area contributed by atoms with Crippen molar-refractivity contribution in [3.63, 3.8) is 0 Å². The van der Waals surface area contributed by atoms with Crippen molar-refractivity contribution >= 4 is 23.4 Å². The Hall–Kier alpha value is -3.52. The number of ether oxygens (including phenoxy) is 1. The number of nitrogens with one attached hydrogen (secondary N) is 2. The van der Waals surface area contributed by atoms with E-state index in [1.165, 1.54) is 24.3 Å². The lowest BCUT2D eigenvalue weighted by atomic mass is 9.56. The van der Waals surface area contributed by atoms with Crippen molar-refractivity contribution in [2.45, 2.75) is 50.1 Å². The van der Waals surface area contributed by atoms with Gasteiger partial charge < -0.3 is 15.4 Å². The highest BCUT2D eigenvalue weighted by molar-refractivity contribution is 6.30. The second kappa shape index (κ2) is 10.3. The van der Waals surface area contributed by atoms with Gasteiger partial charge in [-0.25, -0.2) is 13.8 Å². The number of carbonyl (C=O) groups excluding carboxylic acids is 2. The number of halogens is 3. The van der Waals surface area contributed by atoms with Gasteiger partial charge in [0, 0.05) is 22.7 Å². The van der Waals surface area contributed by atoms with E-state index in [-0.39, 0.29) is 57.7 Å². The topological polar surface area (TPSA) is 80.3 Å². The van der Waals surface area contributed by atoms with E-state index in [0.29, 0.717) is 30.5 Å². The van der Waals surface area contributed by atoms with Crippen molar-refractivity contribution in [3.8, 4) is 17.0 Å². The van der Waals surface area contributed by atoms with Crippen LogP contribution in [0.4, 0.5) is 8.78 Å². The number of rotatable bonds is 7. The minimum absolute atomic E-state index is 0.00966. The first-order chi connectivity index (χ1) is 18.2. The van der Waals surface area contributed by atoms with E-state index in [2.05, 4.69) is 22.5 Å². The number of aromatic nitrogens is 1. The summed E-state index contributed by atoms with van der Waals surface area (Å²) in [5, 5.41) is 6.37. The van der Waals surface area contributed by atoms with Crippen LogP contribution < -0.4 is 15.4 Å². The number of carbonyl (C=O) groups is 2. The maximum atomic E-state index is 13.7. The monoisotopic (exact) mass is 539 g/mol. The minimum Gasteiger partial charge on any atom is -0.484 e. The van der Waals surface area contributed by atoms with Crippen LogP contribution in [0.2, 0.25) is 5.02 Å². The summed E-state index contributed by atoms with van der Waals surface area (Å²) in [6.07, 6.45) is 3.58. The fraction of sp³-hybridized carbons (Fsp3) is 0.345. The van der Waals surface area contributed by atoms with Gasteiger partial charge in [-0.3, -0.25) is 9.59 Å². The van der Waals surface area contributed by atoms with Gasteiger partial charge in [0.25, 0.3) is 11.8 Å². The summed E-state index contributed by atoms with van der Waals surface area (Å²) >= 11 is 5.69. The van der Waals surface area contributed by atoms with Gasteiger partial charge in [0.15, 0.2) is 6.61 Å². The van der Waals surface area contributed by atoms with Crippen molar-refractivity contribution < 1.29 is 23.1 Å². The lowest BCUT2D eigenvalue weighted by Crippen LogP contribution is -2.67. The van der Waals surface area contributed by atoms with Crippen LogP contribution in [0.5, 0.6) is 5.75 Å². The van der Waals surface area contributed by atoms with Gasteiger partial charge in [-0.1, -0.05) is 36.7 Å². The second-order valence-corrected chi connectivity index (χ2v) is 10.7. The maximum absolute atomic E-state index is 13.7. The maximum Gasteiger partial charge on any atom is 0.270 e. The zero-order valence-corrected chi connectivity index (χ0v) is 21.7. The van der Waals surface area contributed by atoms with Crippen molar-refractivity contribution in [1.82, 2.24) is 15.6 Å². The molecule has 1 aromatic heterocycles. The lowest BCUT2D eigenvalue weighted by Gasteiger charge is -2.57. The number of amides is 2. The highest BCUT2D eigenvalue weighted by Gasteiger charge is 2.54. The molecule has 2 N–H and O–H groups in total. The number of fused-ring (bicyclic) bond motifs is 3. The predicted octanol–water partition coefficient (Wildman–Crippen LogP) is 5.70. The summed E-state index contributed by atoms with van der Waals surface area (Å²) in [7, 11) is 0. The molecular formula is C29H28ClF2N3O3. The lowest BCUT2D eigenvalue weighted by molar-refractivity contribution is -0.128. The van der Waals surface area contributed by atoms with Crippen LogP contribution in [0, 0.1) is 17.6 Å². The van der Waals surface area contributed by atoms with E-state index in [1.54, 1.807) is 30.3 Å². The van der Waals surface area contributed by atoms with Crippen LogP contribution in [-0.4, -0.2) is 34.5 Å². The SMILES string of the molecule is CC1CC2(NC(=O)c3cccc(-c4cccc(F)c4)n3)CCC1(NC(=O)COc1ccc(Cl)c(F)c1)CC2. The van der Waals surface area contributed by atoms with Gasteiger partial charge in [-0.05, 0) is 74.4 Å². The Morgan fingerprint density at radius 2 is 1.79 bits per heavy atom. The van der Waals surface area contributed by atoms with Crippen LogP contribution in [0.3, 0.4) is 0 Å². The zero-order valence-electron chi connectivity index (χ0n) is 20.9. The van der Waals surface area contributed by atoms with Crippen molar-refractivity contribution in [3.05, 3.63) is 83.0 Å². The van der Waals surface area contributed by atoms with Crippen molar-refractivity contribution in [2.24, 2.45) is 5.92 Å². The van der Waals surface area contributed by atoms with Gasteiger partial charge in [-0.15, -0.1) is 0 Å². The Labute approximate surface area is 224 Å². The molecular weight excluding hydrogens is 512 g/mol. The molecule has 3 aliphatic rings. The van der Waals surface area contributed by atoms with E-state index < -0.39 is 5.82 Å². The van der Waals surface area contributed by atoms with Gasteiger partial charge in [0.1, 0.15) is 23.1 Å². The molecule has 3 fully saturated rings. The largest absolute Gasteiger partial charge is 0.484 e. The number of nitrogens with zero attached hydrogens (tertiary/aromatic N) is 1. The molecule has 198 valence electrons. The average molecular weight is 540 g/mol. The Morgan fingerprint density at radius 3 is 2.50 bits per heavy atom. The summed E-state index contributed by atoms with van der Waals surface area (Å²) in [5.41, 5.74) is 0.651. The smallest absolute Gasteiger partial charge is 0.270 e. The van der Waals surface area contributed by atoms with Crippen LogP contribution in [0.15, 0.2) is 60.7 Å². The van der Waals surface area contributed by atoms with Gasteiger partial charge >= 0.3 is 0 Å². The molecule has 6 nitrogen and oxygen atoms in total. The first-order valence-corrected chi connectivity index (χ1v) is 13.0. The third kappa shape index (κ3) is 5.36. The van der Waals surface area contributed by atoms with Gasteiger partial charge in [0.2, 0.25) is 0 Å². The zero-order chi connectivity index (χ0) is 26.9. The molecule has 2 amide bonds.